The molecule has 1 heterocycles. The standard InChI is InChI=1S/C4H7S2/c1-6-4-2-3-5-6/h2-3H,4H2,1H3/q+1. The maximum atomic E-state index is 2.27. The minimum atomic E-state index is 0.633. The Hall–Kier alpha value is 0.440. The largest absolute Gasteiger partial charge is 0.139 e. The lowest BCUT2D eigenvalue weighted by molar-refractivity contribution is 1.82. The highest BCUT2D eigenvalue weighted by Gasteiger charge is 2.12. The van der Waals surface area contributed by atoms with Crippen LogP contribution in [-0.2, 0) is 9.93 Å². The van der Waals surface area contributed by atoms with E-state index in [9.17, 15) is 0 Å². The fourth-order valence-electron chi connectivity index (χ4n) is 0.348. The second kappa shape index (κ2) is 1.94. The molecule has 0 aromatic heterocycles. The lowest BCUT2D eigenvalue weighted by Crippen LogP contribution is -1.86. The molecule has 0 nitrogen and oxygen atoms in total. The van der Waals surface area contributed by atoms with Crippen molar-refractivity contribution >= 4 is 20.7 Å². The molecule has 6 heavy (non-hydrogen) atoms. The van der Waals surface area contributed by atoms with E-state index in [4.69, 9.17) is 0 Å². The predicted octanol–water partition coefficient (Wildman–Crippen LogP) is 1.41. The molecule has 1 rings (SSSR count). The molecular formula is C4H7S2+. The van der Waals surface area contributed by atoms with Crippen LogP contribution < -0.4 is 0 Å². The Morgan fingerprint density at radius 1 is 1.83 bits per heavy atom. The molecule has 0 aromatic carbocycles. The van der Waals surface area contributed by atoms with E-state index >= 15 is 0 Å². The molecule has 0 radical (unpaired) electrons. The molecule has 2 heteroatoms. The molecule has 0 N–H and O–H groups in total. The van der Waals surface area contributed by atoms with Crippen LogP contribution in [0.1, 0.15) is 0 Å². The Kier molecular flexibility index (Phi) is 1.48. The lowest BCUT2D eigenvalue weighted by Gasteiger charge is -1.78. The van der Waals surface area contributed by atoms with Crippen LogP contribution in [0.3, 0.4) is 0 Å². The highest BCUT2D eigenvalue weighted by Crippen LogP contribution is 2.20. The van der Waals surface area contributed by atoms with E-state index in [1.807, 2.05) is 10.8 Å². The summed E-state index contributed by atoms with van der Waals surface area (Å²) in [6, 6.07) is 0. The van der Waals surface area contributed by atoms with Crippen LogP contribution in [0.4, 0.5) is 0 Å². The Morgan fingerprint density at radius 3 is 2.83 bits per heavy atom. The van der Waals surface area contributed by atoms with Gasteiger partial charge < -0.3 is 0 Å². The van der Waals surface area contributed by atoms with Gasteiger partial charge in [-0.15, -0.1) is 0 Å². The van der Waals surface area contributed by atoms with Crippen LogP contribution in [-0.4, -0.2) is 12.0 Å². The Labute approximate surface area is 44.8 Å². The SMILES string of the molecule is C[S+]1CC=CS1. The fraction of sp³-hybridized carbons (Fsp3) is 0.500. The normalized spacial score (nSPS) is 31.8. The van der Waals surface area contributed by atoms with E-state index in [1.54, 1.807) is 0 Å². The van der Waals surface area contributed by atoms with Crippen molar-refractivity contribution in [3.63, 3.8) is 0 Å². The van der Waals surface area contributed by atoms with Crippen molar-refractivity contribution in [1.29, 1.82) is 0 Å². The molecule has 1 unspecified atom stereocenters. The van der Waals surface area contributed by atoms with E-state index in [-0.39, 0.29) is 0 Å². The van der Waals surface area contributed by atoms with Gasteiger partial charge >= 0.3 is 0 Å². The first-order valence-corrected chi connectivity index (χ1v) is 5.04. The van der Waals surface area contributed by atoms with Gasteiger partial charge in [0.25, 0.3) is 0 Å². The van der Waals surface area contributed by atoms with Gasteiger partial charge in [-0.05, 0) is 6.08 Å². The van der Waals surface area contributed by atoms with Crippen LogP contribution in [0.25, 0.3) is 0 Å². The molecule has 1 atom stereocenters. The summed E-state index contributed by atoms with van der Waals surface area (Å²) in [5, 5.41) is 2.18. The van der Waals surface area contributed by atoms with Crippen molar-refractivity contribution in [3.05, 3.63) is 11.5 Å². The van der Waals surface area contributed by atoms with Crippen LogP contribution in [0, 0.1) is 0 Å². The topological polar surface area (TPSA) is 0 Å². The van der Waals surface area contributed by atoms with Gasteiger partial charge in [0.2, 0.25) is 0 Å². The zero-order valence-electron chi connectivity index (χ0n) is 3.68. The van der Waals surface area contributed by atoms with E-state index < -0.39 is 0 Å². The van der Waals surface area contributed by atoms with Gasteiger partial charge in [-0.1, -0.05) is 0 Å². The summed E-state index contributed by atoms with van der Waals surface area (Å²) in [6.07, 6.45) is 4.50. The third-order valence-corrected chi connectivity index (χ3v) is 3.67. The van der Waals surface area contributed by atoms with Crippen LogP contribution in [0.5, 0.6) is 0 Å². The van der Waals surface area contributed by atoms with Crippen molar-refractivity contribution in [2.24, 2.45) is 0 Å². The summed E-state index contributed by atoms with van der Waals surface area (Å²) in [5.41, 5.74) is 0. The molecule has 0 aliphatic carbocycles. The molecule has 0 bridgehead atoms. The monoisotopic (exact) mass is 119 g/mol. The van der Waals surface area contributed by atoms with Gasteiger partial charge in [-0.2, -0.15) is 0 Å². The molecule has 34 valence electrons. The van der Waals surface area contributed by atoms with Crippen molar-refractivity contribution in [2.75, 3.05) is 12.0 Å². The maximum Gasteiger partial charge on any atom is 0.139 e. The van der Waals surface area contributed by atoms with Gasteiger partial charge in [0, 0.05) is 5.41 Å². The average Bonchev–Trinajstić information content (AvgIpc) is 1.86. The summed E-state index contributed by atoms with van der Waals surface area (Å²) >= 11 is 0. The van der Waals surface area contributed by atoms with Gasteiger partial charge in [0.1, 0.15) is 22.8 Å². The van der Waals surface area contributed by atoms with Crippen molar-refractivity contribution in [1.82, 2.24) is 0 Å². The van der Waals surface area contributed by atoms with E-state index in [0.717, 1.165) is 0 Å². The lowest BCUT2D eigenvalue weighted by atomic mass is 10.8. The van der Waals surface area contributed by atoms with Crippen molar-refractivity contribution in [2.45, 2.75) is 0 Å². The maximum absolute atomic E-state index is 2.27. The Balaban J connectivity index is 2.32. The summed E-state index contributed by atoms with van der Waals surface area (Å²) < 4.78 is 0. The predicted molar refractivity (Wildman–Crippen MR) is 34.9 cm³/mol. The van der Waals surface area contributed by atoms with Crippen LogP contribution in [0.15, 0.2) is 11.5 Å². The second-order valence-corrected chi connectivity index (χ2v) is 5.44. The van der Waals surface area contributed by atoms with E-state index in [0.29, 0.717) is 9.93 Å². The highest BCUT2D eigenvalue weighted by molar-refractivity contribution is 8.75. The third-order valence-electron chi connectivity index (χ3n) is 0.647. The Morgan fingerprint density at radius 2 is 2.67 bits per heavy atom. The van der Waals surface area contributed by atoms with Gasteiger partial charge in [0.05, 0.1) is 9.93 Å². The molecule has 0 saturated carbocycles. The number of hydrogen-bond donors (Lipinski definition) is 0. The first kappa shape index (κ1) is 4.60. The number of hydrogen-bond acceptors (Lipinski definition) is 1. The minimum Gasteiger partial charge on any atom is -0.0236 e. The van der Waals surface area contributed by atoms with Crippen molar-refractivity contribution in [3.8, 4) is 0 Å². The molecule has 0 amide bonds. The van der Waals surface area contributed by atoms with Gasteiger partial charge in [0.15, 0.2) is 0 Å². The van der Waals surface area contributed by atoms with Gasteiger partial charge in [-0.25, -0.2) is 0 Å². The first-order chi connectivity index (χ1) is 2.89. The zero-order chi connectivity index (χ0) is 4.41. The average molecular weight is 119 g/mol. The van der Waals surface area contributed by atoms with E-state index in [2.05, 4.69) is 17.7 Å². The quantitative estimate of drug-likeness (QED) is 0.343. The summed E-state index contributed by atoms with van der Waals surface area (Å²) in [5.74, 6) is 1.30. The first-order valence-electron chi connectivity index (χ1n) is 1.84. The highest BCUT2D eigenvalue weighted by atomic mass is 33.1. The molecule has 0 fully saturated rings. The molecule has 1 aliphatic rings. The van der Waals surface area contributed by atoms with Crippen molar-refractivity contribution < 1.29 is 0 Å². The number of rotatable bonds is 0. The molecule has 0 saturated heterocycles. The summed E-state index contributed by atoms with van der Waals surface area (Å²) in [7, 11) is 2.58. The van der Waals surface area contributed by atoms with Crippen LogP contribution >= 0.6 is 10.8 Å². The van der Waals surface area contributed by atoms with E-state index in [1.165, 1.54) is 5.75 Å². The molecule has 0 spiro atoms. The smallest absolute Gasteiger partial charge is 0.0236 e. The molecule has 0 aromatic rings. The molecule has 1 aliphatic heterocycles. The minimum absolute atomic E-state index is 0.633. The third kappa shape index (κ3) is 0.949. The second-order valence-electron chi connectivity index (χ2n) is 1.21. The van der Waals surface area contributed by atoms with Crippen LogP contribution in [0.2, 0.25) is 0 Å². The summed E-state index contributed by atoms with van der Waals surface area (Å²) in [4.78, 5) is 0. The van der Waals surface area contributed by atoms with Gasteiger partial charge in [-0.3, -0.25) is 0 Å². The fourth-order valence-corrected chi connectivity index (χ4v) is 2.56. The Bertz CT molecular complexity index is 59.9. The zero-order valence-corrected chi connectivity index (χ0v) is 5.31. The molecular weight excluding hydrogens is 112 g/mol. The summed E-state index contributed by atoms with van der Waals surface area (Å²) in [6.45, 7) is 0.